The number of hydrogen-bond donors (Lipinski definition) is 1. The number of carbonyl (C=O) groups is 1. The van der Waals surface area contributed by atoms with Gasteiger partial charge in [-0.3, -0.25) is 18.7 Å². The molecule has 0 atom stereocenters. The Balaban J connectivity index is 1.68. The van der Waals surface area contributed by atoms with E-state index >= 15 is 0 Å². The molecule has 3 heterocycles. The molecule has 0 saturated heterocycles. The Morgan fingerprint density at radius 3 is 2.68 bits per heavy atom. The van der Waals surface area contributed by atoms with Gasteiger partial charge in [0, 0.05) is 30.7 Å². The van der Waals surface area contributed by atoms with Crippen LogP contribution in [-0.2, 0) is 30.8 Å². The molecule has 1 aliphatic heterocycles. The second-order valence-electron chi connectivity index (χ2n) is 7.50. The molecule has 162 valence electrons. The highest BCUT2D eigenvalue weighted by atomic mass is 35.5. The fraction of sp³-hybridized carbons (Fsp3) is 0.381. The first-order valence-electron chi connectivity index (χ1n) is 10.1. The van der Waals surface area contributed by atoms with E-state index in [1.165, 1.54) is 0 Å². The van der Waals surface area contributed by atoms with E-state index in [0.29, 0.717) is 29.6 Å². The molecule has 1 aromatic carbocycles. The second-order valence-corrected chi connectivity index (χ2v) is 7.93. The second kappa shape index (κ2) is 8.89. The molecule has 9 nitrogen and oxygen atoms in total. The third kappa shape index (κ3) is 4.46. The minimum Gasteiger partial charge on any atom is -0.350 e. The highest BCUT2D eigenvalue weighted by molar-refractivity contribution is 6.30. The predicted molar refractivity (Wildman–Crippen MR) is 114 cm³/mol. The van der Waals surface area contributed by atoms with Crippen molar-refractivity contribution < 1.29 is 9.32 Å². The van der Waals surface area contributed by atoms with Gasteiger partial charge in [-0.2, -0.15) is 4.98 Å². The molecule has 1 amide bonds. The van der Waals surface area contributed by atoms with Crippen LogP contribution in [0.2, 0.25) is 5.02 Å². The maximum atomic E-state index is 13.3. The number of hydrogen-bond acceptors (Lipinski definition) is 6. The van der Waals surface area contributed by atoms with Gasteiger partial charge in [0.1, 0.15) is 12.1 Å². The average molecular weight is 444 g/mol. The monoisotopic (exact) mass is 443 g/mol. The lowest BCUT2D eigenvalue weighted by Crippen LogP contribution is -2.45. The fourth-order valence-electron chi connectivity index (χ4n) is 3.74. The predicted octanol–water partition coefficient (Wildman–Crippen LogP) is 2.06. The quantitative estimate of drug-likeness (QED) is 0.646. The summed E-state index contributed by atoms with van der Waals surface area (Å²) in [4.78, 5) is 43.1. The summed E-state index contributed by atoms with van der Waals surface area (Å²) < 4.78 is 7.58. The molecule has 0 spiro atoms. The molecular formula is C21H22ClN5O4. The van der Waals surface area contributed by atoms with Crippen LogP contribution in [0.1, 0.15) is 36.4 Å². The molecule has 31 heavy (non-hydrogen) atoms. The van der Waals surface area contributed by atoms with Gasteiger partial charge in [0.05, 0.1) is 0 Å². The molecule has 0 radical (unpaired) electrons. The maximum Gasteiger partial charge on any atom is 0.331 e. The molecular weight excluding hydrogens is 422 g/mol. The zero-order valence-corrected chi connectivity index (χ0v) is 17.8. The summed E-state index contributed by atoms with van der Waals surface area (Å²) in [6.07, 6.45) is 3.19. The normalized spacial score (nSPS) is 13.5. The average Bonchev–Trinajstić information content (AvgIpc) is 3.02. The van der Waals surface area contributed by atoms with Crippen molar-refractivity contribution in [3.05, 3.63) is 67.3 Å². The van der Waals surface area contributed by atoms with Crippen molar-refractivity contribution in [3.8, 4) is 11.4 Å². The molecule has 1 aliphatic rings. The minimum absolute atomic E-state index is 0.142. The molecule has 0 unspecified atom stereocenters. The van der Waals surface area contributed by atoms with Gasteiger partial charge in [-0.25, -0.2) is 4.79 Å². The Labute approximate surface area is 182 Å². The number of aromatic nitrogens is 4. The number of carbonyl (C=O) groups excluding carboxylic acids is 1. The zero-order valence-electron chi connectivity index (χ0n) is 17.1. The maximum absolute atomic E-state index is 13.3. The Bertz CT molecular complexity index is 1230. The van der Waals surface area contributed by atoms with E-state index in [9.17, 15) is 14.4 Å². The van der Waals surface area contributed by atoms with Crippen LogP contribution in [0, 0.1) is 6.92 Å². The Morgan fingerprint density at radius 1 is 1.19 bits per heavy atom. The lowest BCUT2D eigenvalue weighted by Gasteiger charge is -2.16. The first-order chi connectivity index (χ1) is 14.9. The van der Waals surface area contributed by atoms with Crippen LogP contribution in [0.25, 0.3) is 11.4 Å². The summed E-state index contributed by atoms with van der Waals surface area (Å²) in [5.74, 6) is 0.0160. The van der Waals surface area contributed by atoms with Crippen molar-refractivity contribution >= 4 is 17.5 Å². The lowest BCUT2D eigenvalue weighted by atomic mass is 10.1. The highest BCUT2D eigenvalue weighted by Crippen LogP contribution is 2.21. The summed E-state index contributed by atoms with van der Waals surface area (Å²) >= 11 is 5.87. The van der Waals surface area contributed by atoms with Crippen molar-refractivity contribution in [2.24, 2.45) is 0 Å². The van der Waals surface area contributed by atoms with Gasteiger partial charge >= 0.3 is 5.69 Å². The zero-order chi connectivity index (χ0) is 22.0. The van der Waals surface area contributed by atoms with Crippen LogP contribution in [0.15, 0.2) is 38.4 Å². The third-order valence-electron chi connectivity index (χ3n) is 5.29. The van der Waals surface area contributed by atoms with Gasteiger partial charge in [-0.15, -0.1) is 0 Å². The lowest BCUT2D eigenvalue weighted by molar-refractivity contribution is -0.121. The number of aryl methyl sites for hydroxylation is 1. The van der Waals surface area contributed by atoms with E-state index in [4.69, 9.17) is 16.1 Å². The molecule has 0 fully saturated rings. The van der Waals surface area contributed by atoms with Gasteiger partial charge in [-0.05, 0) is 37.0 Å². The third-order valence-corrected chi connectivity index (χ3v) is 5.54. The number of halogens is 1. The standard InChI is InChI=1S/C21H22ClN5O4/c1-13-24-19(25-31-13)18-16-5-3-2-4-10-26(16)21(30)27(20(18)29)12-17(28)23-11-14-6-8-15(22)9-7-14/h6-9H,2-5,10-12H2,1H3,(H,23,28). The summed E-state index contributed by atoms with van der Waals surface area (Å²) in [6.45, 7) is 1.97. The number of benzene rings is 1. The Morgan fingerprint density at radius 2 is 1.97 bits per heavy atom. The Kier molecular flexibility index (Phi) is 6.03. The van der Waals surface area contributed by atoms with Gasteiger partial charge in [0.15, 0.2) is 0 Å². The summed E-state index contributed by atoms with van der Waals surface area (Å²) in [5, 5.41) is 7.23. The molecule has 0 bridgehead atoms. The largest absolute Gasteiger partial charge is 0.350 e. The molecule has 2 aromatic heterocycles. The van der Waals surface area contributed by atoms with Crippen molar-refractivity contribution in [1.29, 1.82) is 0 Å². The summed E-state index contributed by atoms with van der Waals surface area (Å²) in [6, 6.07) is 7.04. The van der Waals surface area contributed by atoms with Crippen LogP contribution in [-0.4, -0.2) is 25.2 Å². The smallest absolute Gasteiger partial charge is 0.331 e. The minimum atomic E-state index is -0.583. The van der Waals surface area contributed by atoms with Crippen molar-refractivity contribution in [2.75, 3.05) is 0 Å². The SMILES string of the molecule is Cc1nc(-c2c3n(c(=O)n(CC(=O)NCc4ccc(Cl)cc4)c2=O)CCCCC3)no1. The van der Waals surface area contributed by atoms with E-state index in [1.54, 1.807) is 35.8 Å². The van der Waals surface area contributed by atoms with Gasteiger partial charge < -0.3 is 9.84 Å². The molecule has 10 heteroatoms. The van der Waals surface area contributed by atoms with Gasteiger partial charge in [0.2, 0.25) is 17.6 Å². The summed E-state index contributed by atoms with van der Waals surface area (Å²) in [5.41, 5.74) is 0.606. The first kappa shape index (κ1) is 21.0. The first-order valence-corrected chi connectivity index (χ1v) is 10.5. The fourth-order valence-corrected chi connectivity index (χ4v) is 3.86. The molecule has 3 aromatic rings. The molecule has 0 saturated carbocycles. The van der Waals surface area contributed by atoms with E-state index in [0.717, 1.165) is 29.4 Å². The Hall–Kier alpha value is -3.20. The number of amides is 1. The van der Waals surface area contributed by atoms with Crippen molar-refractivity contribution in [3.63, 3.8) is 0 Å². The highest BCUT2D eigenvalue weighted by Gasteiger charge is 2.25. The van der Waals surface area contributed by atoms with Crippen molar-refractivity contribution in [1.82, 2.24) is 24.6 Å². The number of rotatable bonds is 5. The topological polar surface area (TPSA) is 112 Å². The molecule has 1 N–H and O–H groups in total. The van der Waals surface area contributed by atoms with Crippen LogP contribution >= 0.6 is 11.6 Å². The van der Waals surface area contributed by atoms with Crippen LogP contribution in [0.5, 0.6) is 0 Å². The van der Waals surface area contributed by atoms with E-state index in [-0.39, 0.29) is 17.9 Å². The van der Waals surface area contributed by atoms with Crippen molar-refractivity contribution in [2.45, 2.75) is 52.2 Å². The number of fused-ring (bicyclic) bond motifs is 1. The van der Waals surface area contributed by atoms with Crippen LogP contribution in [0.3, 0.4) is 0 Å². The molecule has 0 aliphatic carbocycles. The number of nitrogens with one attached hydrogen (secondary N) is 1. The van der Waals surface area contributed by atoms with Gasteiger partial charge in [0.25, 0.3) is 5.56 Å². The van der Waals surface area contributed by atoms with Crippen LogP contribution in [0.4, 0.5) is 0 Å². The summed E-state index contributed by atoms with van der Waals surface area (Å²) in [7, 11) is 0. The number of nitrogens with zero attached hydrogens (tertiary/aromatic N) is 4. The van der Waals surface area contributed by atoms with Gasteiger partial charge in [-0.1, -0.05) is 35.3 Å². The van der Waals surface area contributed by atoms with E-state index in [1.807, 2.05) is 0 Å². The van der Waals surface area contributed by atoms with Crippen LogP contribution < -0.4 is 16.6 Å². The van der Waals surface area contributed by atoms with E-state index in [2.05, 4.69) is 15.5 Å². The molecule has 4 rings (SSSR count). The van der Waals surface area contributed by atoms with E-state index < -0.39 is 23.7 Å².